The van der Waals surface area contributed by atoms with Crippen LogP contribution >= 0.6 is 0 Å². The molecule has 49 heavy (non-hydrogen) atoms. The lowest BCUT2D eigenvalue weighted by Gasteiger charge is -2.19. The maximum Gasteiger partial charge on any atom is 0.422 e. The summed E-state index contributed by atoms with van der Waals surface area (Å²) < 4.78 is 104. The van der Waals surface area contributed by atoms with E-state index >= 15 is 0 Å². The SMILES string of the molecule is CCCCCCOc1cc(OCCCCCC)c(-c2ccc(CF)cc2)c(OCCCCCC)c1.FOc1cc(F)c(C(F)(F)F)c(F)c1. The highest BCUT2D eigenvalue weighted by molar-refractivity contribution is 5.78. The Balaban J connectivity index is 0.000000495. The van der Waals surface area contributed by atoms with Gasteiger partial charge in [0, 0.05) is 28.8 Å². The van der Waals surface area contributed by atoms with Crippen molar-refractivity contribution in [1.82, 2.24) is 0 Å². The summed E-state index contributed by atoms with van der Waals surface area (Å²) in [6.45, 7) is 8.19. The average Bonchev–Trinajstić information content (AvgIpc) is 3.07. The molecule has 11 heteroatoms. The molecule has 0 N–H and O–H groups in total. The summed E-state index contributed by atoms with van der Waals surface area (Å²) >= 11 is 0. The minimum atomic E-state index is -5.16. The van der Waals surface area contributed by atoms with Crippen LogP contribution < -0.4 is 19.2 Å². The van der Waals surface area contributed by atoms with Gasteiger partial charge in [0.25, 0.3) is 0 Å². The first-order chi connectivity index (χ1) is 23.6. The van der Waals surface area contributed by atoms with E-state index in [2.05, 4.69) is 25.7 Å². The monoisotopic (exact) mass is 702 g/mol. The van der Waals surface area contributed by atoms with Crippen molar-refractivity contribution in [2.45, 2.75) is 111 Å². The van der Waals surface area contributed by atoms with Crippen molar-refractivity contribution in [3.8, 4) is 34.1 Å². The molecule has 0 spiro atoms. The smallest absolute Gasteiger partial charge is 0.422 e. The molecular weight excluding hydrogens is 653 g/mol. The molecule has 0 saturated heterocycles. The van der Waals surface area contributed by atoms with Gasteiger partial charge in [0.1, 0.15) is 41.1 Å². The Bertz CT molecular complexity index is 1290. The van der Waals surface area contributed by atoms with Crippen molar-refractivity contribution in [3.05, 3.63) is 71.3 Å². The maximum atomic E-state index is 13.1. The van der Waals surface area contributed by atoms with Gasteiger partial charge in [-0.3, -0.25) is 4.94 Å². The van der Waals surface area contributed by atoms with E-state index in [1.165, 1.54) is 44.9 Å². The van der Waals surface area contributed by atoms with Crippen molar-refractivity contribution in [1.29, 1.82) is 0 Å². The summed E-state index contributed by atoms with van der Waals surface area (Å²) in [5.41, 5.74) is 0.506. The Morgan fingerprint density at radius 2 is 1.02 bits per heavy atom. The number of hydrogen-bond donors (Lipinski definition) is 0. The second kappa shape index (κ2) is 22.9. The van der Waals surface area contributed by atoms with Gasteiger partial charge in [-0.05, 0) is 30.4 Å². The number of halogens is 7. The summed E-state index contributed by atoms with van der Waals surface area (Å²) in [5, 5.41) is 0. The predicted molar refractivity (Wildman–Crippen MR) is 179 cm³/mol. The first kappa shape index (κ1) is 41.5. The van der Waals surface area contributed by atoms with E-state index < -0.39 is 35.8 Å². The van der Waals surface area contributed by atoms with E-state index in [0.29, 0.717) is 25.4 Å². The molecule has 0 bridgehead atoms. The second-order valence-corrected chi connectivity index (χ2v) is 11.7. The largest absolute Gasteiger partial charge is 0.493 e. The fourth-order valence-corrected chi connectivity index (χ4v) is 4.93. The van der Waals surface area contributed by atoms with Crippen LogP contribution in [0.1, 0.15) is 109 Å². The molecule has 0 fully saturated rings. The van der Waals surface area contributed by atoms with Gasteiger partial charge in [-0.1, -0.05) is 103 Å². The third-order valence-electron chi connectivity index (χ3n) is 7.60. The molecule has 0 aliphatic heterocycles. The molecule has 0 aliphatic rings. The van der Waals surface area contributed by atoms with Gasteiger partial charge in [-0.25, -0.2) is 13.2 Å². The fraction of sp³-hybridized carbons (Fsp3) is 0.526. The Morgan fingerprint density at radius 3 is 1.41 bits per heavy atom. The molecule has 3 aromatic rings. The fourth-order valence-electron chi connectivity index (χ4n) is 4.93. The van der Waals surface area contributed by atoms with E-state index in [1.54, 1.807) is 0 Å². The van der Waals surface area contributed by atoms with Crippen molar-refractivity contribution in [2.75, 3.05) is 19.8 Å². The van der Waals surface area contributed by atoms with Gasteiger partial charge in [0.15, 0.2) is 5.75 Å². The van der Waals surface area contributed by atoms with E-state index in [4.69, 9.17) is 14.2 Å². The maximum absolute atomic E-state index is 13.1. The summed E-state index contributed by atoms with van der Waals surface area (Å²) in [4.78, 5) is 2.90. The van der Waals surface area contributed by atoms with Gasteiger partial charge in [-0.15, -0.1) is 0 Å². The second-order valence-electron chi connectivity index (χ2n) is 11.7. The molecule has 0 unspecified atom stereocenters. The molecule has 0 saturated carbocycles. The zero-order valence-electron chi connectivity index (χ0n) is 28.7. The van der Waals surface area contributed by atoms with Gasteiger partial charge in [0.2, 0.25) is 0 Å². The highest BCUT2D eigenvalue weighted by Gasteiger charge is 2.38. The number of hydrogen-bond acceptors (Lipinski definition) is 4. The zero-order valence-corrected chi connectivity index (χ0v) is 28.7. The summed E-state index contributed by atoms with van der Waals surface area (Å²) in [6.07, 6.45) is 8.68. The van der Waals surface area contributed by atoms with Gasteiger partial charge in [-0.2, -0.15) is 13.2 Å². The molecule has 3 aromatic carbocycles. The van der Waals surface area contributed by atoms with Crippen LogP contribution in [0.2, 0.25) is 0 Å². The lowest BCUT2D eigenvalue weighted by Crippen LogP contribution is -2.11. The molecule has 0 radical (unpaired) electrons. The highest BCUT2D eigenvalue weighted by atomic mass is 19.4. The first-order valence-corrected chi connectivity index (χ1v) is 17.2. The normalized spacial score (nSPS) is 11.1. The van der Waals surface area contributed by atoms with Crippen LogP contribution in [0.15, 0.2) is 48.5 Å². The molecule has 274 valence electrons. The standard InChI is InChI=1S/C31H47FO3.C7H2F6O/c1-4-7-10-13-20-33-28-23-29(34-21-14-11-8-5-2)31(27-18-16-26(25-32)17-19-27)30(24-28)35-22-15-12-9-6-3;8-4-1-3(14-13)2-5(9)6(4)7(10,11)12/h16-19,23-24H,4-15,20-22,25H2,1-3H3;1-2H. The third kappa shape index (κ3) is 14.8. The molecule has 0 atom stereocenters. The van der Waals surface area contributed by atoms with Crippen molar-refractivity contribution in [2.24, 2.45) is 0 Å². The topological polar surface area (TPSA) is 36.9 Å². The van der Waals surface area contributed by atoms with E-state index in [0.717, 1.165) is 60.5 Å². The Morgan fingerprint density at radius 1 is 0.571 bits per heavy atom. The summed E-state index contributed by atoms with van der Waals surface area (Å²) in [7, 11) is 0. The van der Waals surface area contributed by atoms with E-state index in [9.17, 15) is 30.9 Å². The molecule has 3 rings (SSSR count). The van der Waals surface area contributed by atoms with Crippen molar-refractivity contribution >= 4 is 0 Å². The van der Waals surface area contributed by atoms with Crippen molar-refractivity contribution < 1.29 is 50.0 Å². The van der Waals surface area contributed by atoms with Crippen LogP contribution in [-0.2, 0) is 12.9 Å². The molecule has 0 aliphatic carbocycles. The molecule has 0 amide bonds. The predicted octanol–water partition coefficient (Wildman–Crippen LogP) is 12.9. The number of benzene rings is 3. The Labute approximate surface area is 285 Å². The molecular formula is C38H49F7O4. The highest BCUT2D eigenvalue weighted by Crippen LogP contribution is 2.43. The third-order valence-corrected chi connectivity index (χ3v) is 7.60. The Kier molecular flexibility index (Phi) is 19.4. The molecule has 0 heterocycles. The minimum absolute atomic E-state index is 0.103. The quantitative estimate of drug-likeness (QED) is 0.0818. The van der Waals surface area contributed by atoms with Crippen molar-refractivity contribution in [3.63, 3.8) is 0 Å². The first-order valence-electron chi connectivity index (χ1n) is 17.2. The molecule has 0 aromatic heterocycles. The van der Waals surface area contributed by atoms with Crippen LogP contribution in [0, 0.1) is 11.6 Å². The lowest BCUT2D eigenvalue weighted by atomic mass is 10.0. The number of alkyl halides is 4. The zero-order chi connectivity index (χ0) is 36.1. The Hall–Kier alpha value is -3.63. The van der Waals surface area contributed by atoms with Crippen LogP contribution in [0.3, 0.4) is 0 Å². The number of rotatable bonds is 21. The van der Waals surface area contributed by atoms with Crippen LogP contribution in [0.4, 0.5) is 30.9 Å². The lowest BCUT2D eigenvalue weighted by molar-refractivity contribution is -0.142. The summed E-state index contributed by atoms with van der Waals surface area (Å²) in [5.74, 6) is -2.46. The summed E-state index contributed by atoms with van der Waals surface area (Å²) in [6, 6.07) is 11.8. The van der Waals surface area contributed by atoms with Gasteiger partial charge < -0.3 is 14.2 Å². The van der Waals surface area contributed by atoms with Crippen LogP contribution in [0.25, 0.3) is 11.1 Å². The van der Waals surface area contributed by atoms with E-state index in [-0.39, 0.29) is 12.1 Å². The van der Waals surface area contributed by atoms with Crippen LogP contribution in [-0.4, -0.2) is 19.8 Å². The minimum Gasteiger partial charge on any atom is -0.493 e. The van der Waals surface area contributed by atoms with Crippen LogP contribution in [0.5, 0.6) is 23.0 Å². The number of ether oxygens (including phenoxy) is 3. The number of unbranched alkanes of at least 4 members (excludes halogenated alkanes) is 9. The van der Waals surface area contributed by atoms with E-state index in [1.807, 2.05) is 36.4 Å². The average molecular weight is 703 g/mol. The molecule has 4 nitrogen and oxygen atoms in total. The van der Waals surface area contributed by atoms with Gasteiger partial charge in [0.05, 0.1) is 25.4 Å². The van der Waals surface area contributed by atoms with Gasteiger partial charge >= 0.3 is 6.18 Å².